The number of halogens is 1. The van der Waals surface area contributed by atoms with Crippen LogP contribution in [0.4, 0.5) is 0 Å². The van der Waals surface area contributed by atoms with E-state index in [0.29, 0.717) is 13.0 Å². The molecular formula is C16H20ClNO2. The van der Waals surface area contributed by atoms with E-state index < -0.39 is 0 Å². The molecule has 1 unspecified atom stereocenters. The normalized spacial score (nSPS) is 19.9. The quantitative estimate of drug-likeness (QED) is 0.871. The molecule has 0 radical (unpaired) electrons. The highest BCUT2D eigenvalue weighted by Crippen LogP contribution is 2.38. The molecule has 3 rings (SSSR count). The highest BCUT2D eigenvalue weighted by molar-refractivity contribution is 5.85. The van der Waals surface area contributed by atoms with Gasteiger partial charge in [-0.1, -0.05) is 24.3 Å². The summed E-state index contributed by atoms with van der Waals surface area (Å²) in [7, 11) is 0. The first-order valence-corrected chi connectivity index (χ1v) is 6.98. The van der Waals surface area contributed by atoms with Crippen molar-refractivity contribution in [3.05, 3.63) is 41.0 Å². The molecule has 1 aromatic rings. The monoisotopic (exact) mass is 293 g/mol. The lowest BCUT2D eigenvalue weighted by molar-refractivity contribution is -0.143. The van der Waals surface area contributed by atoms with Crippen LogP contribution in [0.5, 0.6) is 0 Å². The van der Waals surface area contributed by atoms with E-state index in [-0.39, 0.29) is 24.4 Å². The van der Waals surface area contributed by atoms with Crippen LogP contribution in [0.3, 0.4) is 0 Å². The van der Waals surface area contributed by atoms with Gasteiger partial charge in [0, 0.05) is 6.04 Å². The van der Waals surface area contributed by atoms with Crippen molar-refractivity contribution in [2.45, 2.75) is 32.2 Å². The summed E-state index contributed by atoms with van der Waals surface area (Å²) < 4.78 is 5.07. The zero-order chi connectivity index (χ0) is 13.2. The average Bonchev–Trinajstić information content (AvgIpc) is 2.79. The minimum Gasteiger partial charge on any atom is -0.466 e. The molecule has 1 N–H and O–H groups in total. The SMILES string of the molecule is CCOC(=O)CC1NCCC2=C1Cc1ccccc12.Cl. The van der Waals surface area contributed by atoms with Crippen molar-refractivity contribution in [1.29, 1.82) is 0 Å². The van der Waals surface area contributed by atoms with Crippen molar-refractivity contribution in [2.75, 3.05) is 13.2 Å². The topological polar surface area (TPSA) is 38.3 Å². The molecule has 108 valence electrons. The molecular weight excluding hydrogens is 274 g/mol. The number of nitrogens with one attached hydrogen (secondary N) is 1. The number of carbonyl (C=O) groups is 1. The first-order chi connectivity index (χ1) is 9.29. The molecule has 0 amide bonds. The maximum absolute atomic E-state index is 11.7. The number of benzene rings is 1. The summed E-state index contributed by atoms with van der Waals surface area (Å²) in [5.74, 6) is -0.107. The molecule has 2 aliphatic rings. The van der Waals surface area contributed by atoms with E-state index >= 15 is 0 Å². The van der Waals surface area contributed by atoms with E-state index in [1.54, 1.807) is 0 Å². The second-order valence-corrected chi connectivity index (χ2v) is 5.10. The third-order valence-corrected chi connectivity index (χ3v) is 3.97. The van der Waals surface area contributed by atoms with Crippen molar-refractivity contribution in [3.63, 3.8) is 0 Å². The largest absolute Gasteiger partial charge is 0.466 e. The Morgan fingerprint density at radius 1 is 1.40 bits per heavy atom. The van der Waals surface area contributed by atoms with Gasteiger partial charge in [0.15, 0.2) is 0 Å². The second kappa shape index (κ2) is 6.42. The Labute approximate surface area is 125 Å². The number of hydrogen-bond acceptors (Lipinski definition) is 3. The van der Waals surface area contributed by atoms with E-state index in [0.717, 1.165) is 19.4 Å². The fourth-order valence-corrected chi connectivity index (χ4v) is 3.16. The smallest absolute Gasteiger partial charge is 0.307 e. The molecule has 3 nitrogen and oxygen atoms in total. The van der Waals surface area contributed by atoms with Gasteiger partial charge in [0.2, 0.25) is 0 Å². The van der Waals surface area contributed by atoms with Crippen molar-refractivity contribution < 1.29 is 9.53 Å². The standard InChI is InChI=1S/C16H19NO2.ClH/c1-2-19-16(18)10-15-14-9-11-5-3-4-6-12(11)13(14)7-8-17-15;/h3-6,15,17H,2,7-10H2,1H3;1H. The number of rotatable bonds is 3. The van der Waals surface area contributed by atoms with Crippen LogP contribution in [0.15, 0.2) is 29.8 Å². The summed E-state index contributed by atoms with van der Waals surface area (Å²) in [6, 6.07) is 8.72. The molecule has 20 heavy (non-hydrogen) atoms. The zero-order valence-electron chi connectivity index (χ0n) is 11.6. The molecule has 0 saturated heterocycles. The zero-order valence-corrected chi connectivity index (χ0v) is 12.5. The van der Waals surface area contributed by atoms with Gasteiger partial charge in [-0.05, 0) is 48.6 Å². The average molecular weight is 294 g/mol. The van der Waals surface area contributed by atoms with Gasteiger partial charge in [-0.3, -0.25) is 4.79 Å². The molecule has 1 aliphatic carbocycles. The Bertz CT molecular complexity index is 539. The minimum absolute atomic E-state index is 0. The maximum atomic E-state index is 11.7. The van der Waals surface area contributed by atoms with Crippen molar-refractivity contribution in [1.82, 2.24) is 5.32 Å². The minimum atomic E-state index is -0.107. The molecule has 1 aliphatic heterocycles. The number of carbonyl (C=O) groups excluding carboxylic acids is 1. The molecule has 4 heteroatoms. The van der Waals surface area contributed by atoms with Crippen LogP contribution in [-0.4, -0.2) is 25.2 Å². The van der Waals surface area contributed by atoms with E-state index in [1.807, 2.05) is 6.92 Å². The molecule has 0 spiro atoms. The summed E-state index contributed by atoms with van der Waals surface area (Å²) in [4.78, 5) is 11.7. The molecule has 1 atom stereocenters. The molecule has 1 aromatic carbocycles. The van der Waals surface area contributed by atoms with Crippen LogP contribution in [-0.2, 0) is 16.0 Å². The predicted molar refractivity (Wildman–Crippen MR) is 82.0 cm³/mol. The van der Waals surface area contributed by atoms with Gasteiger partial charge in [0.1, 0.15) is 0 Å². The van der Waals surface area contributed by atoms with Gasteiger partial charge in [0.25, 0.3) is 0 Å². The van der Waals surface area contributed by atoms with E-state index in [4.69, 9.17) is 4.74 Å². The number of ether oxygens (including phenoxy) is 1. The van der Waals surface area contributed by atoms with Crippen LogP contribution in [0.1, 0.15) is 30.9 Å². The molecule has 0 saturated carbocycles. The molecule has 0 aromatic heterocycles. The third kappa shape index (κ3) is 2.74. The summed E-state index contributed by atoms with van der Waals surface area (Å²) in [5.41, 5.74) is 5.61. The summed E-state index contributed by atoms with van der Waals surface area (Å²) in [5, 5.41) is 3.46. The highest BCUT2D eigenvalue weighted by atomic mass is 35.5. The van der Waals surface area contributed by atoms with Crippen molar-refractivity contribution in [3.8, 4) is 0 Å². The maximum Gasteiger partial charge on any atom is 0.307 e. The van der Waals surface area contributed by atoms with Crippen LogP contribution < -0.4 is 5.32 Å². The Balaban J connectivity index is 0.00000147. The fourth-order valence-electron chi connectivity index (χ4n) is 3.16. The fraction of sp³-hybridized carbons (Fsp3) is 0.438. The predicted octanol–water partition coefficient (Wildman–Crippen LogP) is 2.73. The Morgan fingerprint density at radius 2 is 2.20 bits per heavy atom. The molecule has 1 heterocycles. The summed E-state index contributed by atoms with van der Waals surface area (Å²) in [6.07, 6.45) is 2.48. The van der Waals surface area contributed by atoms with E-state index in [1.165, 1.54) is 22.3 Å². The highest BCUT2D eigenvalue weighted by Gasteiger charge is 2.30. The van der Waals surface area contributed by atoms with Crippen LogP contribution in [0.2, 0.25) is 0 Å². The van der Waals surface area contributed by atoms with Crippen LogP contribution in [0, 0.1) is 0 Å². The lowest BCUT2D eigenvalue weighted by atomic mass is 9.93. The third-order valence-electron chi connectivity index (χ3n) is 3.97. The van der Waals surface area contributed by atoms with Crippen LogP contribution in [0.25, 0.3) is 5.57 Å². The Hall–Kier alpha value is -1.32. The van der Waals surface area contributed by atoms with E-state index in [9.17, 15) is 4.79 Å². The first-order valence-electron chi connectivity index (χ1n) is 6.98. The number of esters is 1. The molecule has 0 fully saturated rings. The lowest BCUT2D eigenvalue weighted by Crippen LogP contribution is -2.37. The van der Waals surface area contributed by atoms with Gasteiger partial charge in [-0.15, -0.1) is 12.4 Å². The lowest BCUT2D eigenvalue weighted by Gasteiger charge is -2.26. The number of hydrogen-bond donors (Lipinski definition) is 1. The van der Waals surface area contributed by atoms with Gasteiger partial charge >= 0.3 is 5.97 Å². The second-order valence-electron chi connectivity index (χ2n) is 5.10. The van der Waals surface area contributed by atoms with E-state index in [2.05, 4.69) is 29.6 Å². The number of fused-ring (bicyclic) bond motifs is 2. The summed E-state index contributed by atoms with van der Waals surface area (Å²) >= 11 is 0. The van der Waals surface area contributed by atoms with Gasteiger partial charge in [0.05, 0.1) is 13.0 Å². The van der Waals surface area contributed by atoms with Crippen molar-refractivity contribution in [2.24, 2.45) is 0 Å². The first kappa shape index (κ1) is 15.1. The Morgan fingerprint density at radius 3 is 3.00 bits per heavy atom. The Kier molecular flexibility index (Phi) is 4.84. The summed E-state index contributed by atoms with van der Waals surface area (Å²) in [6.45, 7) is 3.25. The van der Waals surface area contributed by atoms with Gasteiger partial charge in [-0.2, -0.15) is 0 Å². The molecule has 0 bridgehead atoms. The van der Waals surface area contributed by atoms with Crippen molar-refractivity contribution >= 4 is 23.9 Å². The van der Waals surface area contributed by atoms with Gasteiger partial charge in [-0.25, -0.2) is 0 Å². The van der Waals surface area contributed by atoms with Crippen LogP contribution >= 0.6 is 12.4 Å². The van der Waals surface area contributed by atoms with Gasteiger partial charge < -0.3 is 10.1 Å².